The number of halogens is 5. The Labute approximate surface area is 291 Å². The van der Waals surface area contributed by atoms with Crippen molar-refractivity contribution in [1.82, 2.24) is 14.9 Å². The number of benzene rings is 4. The molecule has 9 nitrogen and oxygen atoms in total. The summed E-state index contributed by atoms with van der Waals surface area (Å²) in [6.45, 7) is 2.23. The maximum atomic E-state index is 15.5. The minimum absolute atomic E-state index is 0.0131. The van der Waals surface area contributed by atoms with Crippen LogP contribution in [0.1, 0.15) is 36.0 Å². The normalized spacial score (nSPS) is 17.7. The zero-order chi connectivity index (χ0) is 36.9. The summed E-state index contributed by atoms with van der Waals surface area (Å²) >= 11 is 0. The van der Waals surface area contributed by atoms with Crippen molar-refractivity contribution in [3.63, 3.8) is 0 Å². The van der Waals surface area contributed by atoms with E-state index in [0.29, 0.717) is 12.6 Å². The Balaban J connectivity index is 1.47. The maximum absolute atomic E-state index is 15.5. The Bertz CT molecular complexity index is 1980. The summed E-state index contributed by atoms with van der Waals surface area (Å²) < 4.78 is 106. The van der Waals surface area contributed by atoms with Gasteiger partial charge in [-0.3, -0.25) is 4.79 Å². The molecule has 5 rings (SSSR count). The number of hydrogen-bond acceptors (Lipinski definition) is 6. The largest absolute Gasteiger partial charge is 0.453 e. The quantitative estimate of drug-likeness (QED) is 0.167. The summed E-state index contributed by atoms with van der Waals surface area (Å²) in [6, 6.07) is 13.0. The highest BCUT2D eigenvalue weighted by Gasteiger charge is 2.38. The van der Waals surface area contributed by atoms with Crippen molar-refractivity contribution in [3.8, 4) is 0 Å². The van der Waals surface area contributed by atoms with E-state index in [-0.39, 0.29) is 46.7 Å². The number of methoxy groups -OCH3 is 1. The molecule has 4 aromatic rings. The molecule has 1 saturated heterocycles. The molecule has 1 aliphatic rings. The summed E-state index contributed by atoms with van der Waals surface area (Å²) in [7, 11) is -3.12. The van der Waals surface area contributed by atoms with Crippen LogP contribution in [0.15, 0.2) is 89.8 Å². The van der Waals surface area contributed by atoms with Gasteiger partial charge in [-0.15, -0.1) is 0 Å². The summed E-state index contributed by atoms with van der Waals surface area (Å²) in [4.78, 5) is 26.4. The van der Waals surface area contributed by atoms with E-state index in [4.69, 9.17) is 4.74 Å². The lowest BCUT2D eigenvalue weighted by molar-refractivity contribution is -0.118. The molecule has 0 aliphatic carbocycles. The van der Waals surface area contributed by atoms with Crippen LogP contribution in [-0.4, -0.2) is 63.0 Å². The van der Waals surface area contributed by atoms with Crippen molar-refractivity contribution < 1.29 is 44.7 Å². The van der Waals surface area contributed by atoms with Gasteiger partial charge in [0, 0.05) is 48.4 Å². The van der Waals surface area contributed by atoms with Gasteiger partial charge in [0.15, 0.2) is 0 Å². The van der Waals surface area contributed by atoms with E-state index in [0.717, 1.165) is 49.6 Å². The number of alkyl carbamates (subject to hydrolysis) is 1. The summed E-state index contributed by atoms with van der Waals surface area (Å²) in [5, 5.41) is 8.17. The molecule has 0 unspecified atom stereocenters. The van der Waals surface area contributed by atoms with Gasteiger partial charge in [0.25, 0.3) is 0 Å². The molecule has 4 atom stereocenters. The fraction of sp³-hybridized carbons (Fsp3) is 0.278. The van der Waals surface area contributed by atoms with Crippen LogP contribution < -0.4 is 16.0 Å². The molecule has 1 heterocycles. The van der Waals surface area contributed by atoms with E-state index in [1.54, 1.807) is 6.92 Å². The van der Waals surface area contributed by atoms with Crippen LogP contribution in [0.3, 0.4) is 0 Å². The second-order valence-corrected chi connectivity index (χ2v) is 13.9. The number of rotatable bonds is 11. The number of nitrogens with one attached hydrogen (secondary N) is 3. The highest BCUT2D eigenvalue weighted by Crippen LogP contribution is 2.32. The zero-order valence-corrected chi connectivity index (χ0v) is 28.3. The number of sulfonamides is 1. The summed E-state index contributed by atoms with van der Waals surface area (Å²) in [6.07, 6.45) is -1.06. The van der Waals surface area contributed by atoms with Crippen molar-refractivity contribution >= 4 is 27.7 Å². The van der Waals surface area contributed by atoms with Crippen LogP contribution in [0.4, 0.5) is 32.4 Å². The SMILES string of the molecule is COC(=O)N[C@H](C(=O)Nc1cccc(F)c1CC[C@H]1CNC[C@H](C)N1S(=O)(=O)c1cccc(F)c1)[C@@H](c1ccc(F)cc1)c1cc(F)cc(F)c1. The van der Waals surface area contributed by atoms with Gasteiger partial charge < -0.3 is 20.7 Å². The first kappa shape index (κ1) is 37.4. The number of carbonyl (C=O) groups is 2. The van der Waals surface area contributed by atoms with Crippen molar-refractivity contribution in [2.45, 2.75) is 48.7 Å². The fourth-order valence-corrected chi connectivity index (χ4v) is 8.23. The molecule has 15 heteroatoms. The highest BCUT2D eigenvalue weighted by molar-refractivity contribution is 7.89. The van der Waals surface area contributed by atoms with Crippen molar-refractivity contribution in [1.29, 1.82) is 0 Å². The van der Waals surface area contributed by atoms with Crippen molar-refractivity contribution in [2.75, 3.05) is 25.5 Å². The minimum Gasteiger partial charge on any atom is -0.453 e. The van der Waals surface area contributed by atoms with Gasteiger partial charge in [0.1, 0.15) is 35.1 Å². The zero-order valence-electron chi connectivity index (χ0n) is 27.5. The van der Waals surface area contributed by atoms with Crippen LogP contribution in [0.25, 0.3) is 0 Å². The predicted octanol–water partition coefficient (Wildman–Crippen LogP) is 5.86. The van der Waals surface area contributed by atoms with Gasteiger partial charge in [0.05, 0.1) is 12.0 Å². The molecule has 0 bridgehead atoms. The number of anilines is 1. The lowest BCUT2D eigenvalue weighted by atomic mass is 9.84. The highest BCUT2D eigenvalue weighted by atomic mass is 32.2. The molecule has 270 valence electrons. The molecule has 0 radical (unpaired) electrons. The fourth-order valence-electron chi connectivity index (χ4n) is 6.35. The Morgan fingerprint density at radius 3 is 2.22 bits per heavy atom. The molecule has 4 aromatic carbocycles. The monoisotopic (exact) mass is 730 g/mol. The molecule has 1 aliphatic heterocycles. The number of amides is 2. The standard InChI is InChI=1S/C36H35F5N4O5S/c1-21-19-42-20-28(45(21)51(48,49)29-6-3-5-25(38)18-29)13-14-30-31(41)7-4-8-32(30)43-35(46)34(44-36(47)50-2)33(22-9-11-24(37)12-10-22)23-15-26(39)17-27(40)16-23/h3-12,15-18,21,28,33-34,42H,13-14,19-20H2,1-2H3,(H,43,46)(H,44,47)/t21-,28-,33-,34-/m0/s1. The molecular formula is C36H35F5N4O5S. The van der Waals surface area contributed by atoms with E-state index in [9.17, 15) is 35.6 Å². The topological polar surface area (TPSA) is 117 Å². The Morgan fingerprint density at radius 1 is 0.863 bits per heavy atom. The maximum Gasteiger partial charge on any atom is 0.407 e. The van der Waals surface area contributed by atoms with Crippen LogP contribution >= 0.6 is 0 Å². The van der Waals surface area contributed by atoms with Gasteiger partial charge in [-0.25, -0.2) is 35.2 Å². The molecule has 0 aromatic heterocycles. The number of carbonyl (C=O) groups excluding carboxylic acids is 2. The van der Waals surface area contributed by atoms with Gasteiger partial charge in [-0.05, 0) is 85.5 Å². The third-order valence-electron chi connectivity index (χ3n) is 8.64. The second kappa shape index (κ2) is 16.0. The van der Waals surface area contributed by atoms with Crippen LogP contribution in [0.2, 0.25) is 0 Å². The molecule has 0 spiro atoms. The number of hydrogen-bond donors (Lipinski definition) is 3. The van der Waals surface area contributed by atoms with Crippen LogP contribution in [0, 0.1) is 29.1 Å². The average molecular weight is 731 g/mol. The third-order valence-corrected chi connectivity index (χ3v) is 10.7. The van der Waals surface area contributed by atoms with Gasteiger partial charge in [0.2, 0.25) is 15.9 Å². The Morgan fingerprint density at radius 2 is 1.55 bits per heavy atom. The van der Waals surface area contributed by atoms with Gasteiger partial charge in [-0.1, -0.05) is 24.3 Å². The van der Waals surface area contributed by atoms with Crippen molar-refractivity contribution in [2.24, 2.45) is 0 Å². The number of nitrogens with zero attached hydrogens (tertiary/aromatic N) is 1. The molecule has 51 heavy (non-hydrogen) atoms. The van der Waals surface area contributed by atoms with Gasteiger partial charge in [-0.2, -0.15) is 4.31 Å². The molecule has 1 fully saturated rings. The smallest absolute Gasteiger partial charge is 0.407 e. The van der Waals surface area contributed by atoms with E-state index in [1.807, 2.05) is 0 Å². The van der Waals surface area contributed by atoms with Gasteiger partial charge >= 0.3 is 6.09 Å². The Hall–Kier alpha value is -4.86. The first-order chi connectivity index (χ1) is 24.3. The summed E-state index contributed by atoms with van der Waals surface area (Å²) in [5.41, 5.74) is 0.125. The molecular weight excluding hydrogens is 695 g/mol. The second-order valence-electron chi connectivity index (χ2n) is 12.1. The van der Waals surface area contributed by atoms with Crippen LogP contribution in [0.5, 0.6) is 0 Å². The van der Waals surface area contributed by atoms with E-state index in [2.05, 4.69) is 16.0 Å². The first-order valence-corrected chi connectivity index (χ1v) is 17.4. The molecule has 2 amide bonds. The first-order valence-electron chi connectivity index (χ1n) is 15.9. The third kappa shape index (κ3) is 8.72. The van der Waals surface area contributed by atoms with Crippen LogP contribution in [-0.2, 0) is 26.0 Å². The van der Waals surface area contributed by atoms with E-state index < -0.39 is 75.2 Å². The van der Waals surface area contributed by atoms with E-state index in [1.165, 1.54) is 40.7 Å². The van der Waals surface area contributed by atoms with E-state index >= 15 is 4.39 Å². The Kier molecular flexibility index (Phi) is 11.7. The summed E-state index contributed by atoms with van der Waals surface area (Å²) in [5.74, 6) is -6.23. The molecule has 0 saturated carbocycles. The lowest BCUT2D eigenvalue weighted by Crippen LogP contribution is -2.58. The lowest BCUT2D eigenvalue weighted by Gasteiger charge is -2.40. The number of ether oxygens (including phenoxy) is 1. The predicted molar refractivity (Wildman–Crippen MR) is 179 cm³/mol. The molecule has 3 N–H and O–H groups in total. The minimum atomic E-state index is -4.16. The van der Waals surface area contributed by atoms with Crippen molar-refractivity contribution in [3.05, 3.63) is 131 Å². The number of piperazine rings is 1. The average Bonchev–Trinajstić information content (AvgIpc) is 3.08.